The van der Waals surface area contributed by atoms with Crippen molar-refractivity contribution in [2.45, 2.75) is 0 Å². The molecule has 0 N–H and O–H groups in total. The highest BCUT2D eigenvalue weighted by Gasteiger charge is 2.28. The molecule has 0 aliphatic rings. The maximum atomic E-state index is 7.42. The van der Waals surface area contributed by atoms with Gasteiger partial charge in [-0.15, -0.1) is 0 Å². The van der Waals surface area contributed by atoms with Crippen molar-refractivity contribution in [1.82, 2.24) is 0 Å². The van der Waals surface area contributed by atoms with E-state index in [-0.39, 0.29) is 0 Å². The Labute approximate surface area is 378 Å². The standard InChI is InChI=1S/C62H42N2O/c1-4-18-43(19-5-1)45-34-37-51(38-35-45)64(56-30-16-14-27-52(56)46-21-6-2-7-22-46)59-41-40-58(60-55-39-36-47-23-12-13-29-54(47)61(55)65-62(59)60)63(50-25-8-3-9-26-50)57-31-17-15-28-53(57)49-33-32-44-20-10-11-24-48(44)42-49/h1-42H. The van der Waals surface area contributed by atoms with E-state index >= 15 is 0 Å². The van der Waals surface area contributed by atoms with Crippen molar-refractivity contribution >= 4 is 77.6 Å². The first-order chi connectivity index (χ1) is 32.3. The molecule has 0 spiro atoms. The number of fused-ring (bicyclic) bond motifs is 6. The lowest BCUT2D eigenvalue weighted by Gasteiger charge is -2.31. The number of anilines is 6. The number of para-hydroxylation sites is 3. The van der Waals surface area contributed by atoms with E-state index in [4.69, 9.17) is 4.42 Å². The smallest absolute Gasteiger partial charge is 0.161 e. The Morgan fingerprint density at radius 1 is 0.262 bits per heavy atom. The first-order valence-corrected chi connectivity index (χ1v) is 22.2. The molecular weight excluding hydrogens is 789 g/mol. The number of hydrogen-bond donors (Lipinski definition) is 0. The third-order valence-corrected chi connectivity index (χ3v) is 12.6. The van der Waals surface area contributed by atoms with Crippen LogP contribution in [-0.2, 0) is 0 Å². The van der Waals surface area contributed by atoms with Crippen LogP contribution < -0.4 is 9.80 Å². The molecule has 306 valence electrons. The summed E-state index contributed by atoms with van der Waals surface area (Å²) < 4.78 is 7.42. The highest BCUT2D eigenvalue weighted by Crippen LogP contribution is 2.52. The molecule has 0 fully saturated rings. The van der Waals surface area contributed by atoms with Crippen molar-refractivity contribution in [3.05, 3.63) is 255 Å². The summed E-state index contributed by atoms with van der Waals surface area (Å²) in [7, 11) is 0. The summed E-state index contributed by atoms with van der Waals surface area (Å²) in [5, 5.41) is 6.71. The van der Waals surface area contributed by atoms with Gasteiger partial charge in [0.2, 0.25) is 0 Å². The van der Waals surface area contributed by atoms with Gasteiger partial charge in [0, 0.05) is 33.3 Å². The van der Waals surface area contributed by atoms with Crippen LogP contribution in [-0.4, -0.2) is 0 Å². The molecule has 3 nitrogen and oxygen atoms in total. The van der Waals surface area contributed by atoms with Gasteiger partial charge in [0.25, 0.3) is 0 Å². The molecule has 1 aromatic heterocycles. The van der Waals surface area contributed by atoms with Crippen LogP contribution >= 0.6 is 0 Å². The fraction of sp³-hybridized carbons (Fsp3) is 0. The molecule has 11 aromatic carbocycles. The lowest BCUT2D eigenvalue weighted by Crippen LogP contribution is -2.14. The molecule has 12 aromatic rings. The monoisotopic (exact) mass is 830 g/mol. The Kier molecular flexibility index (Phi) is 9.50. The maximum absolute atomic E-state index is 7.42. The molecule has 0 unspecified atom stereocenters. The minimum atomic E-state index is 0.799. The molecule has 0 aliphatic heterocycles. The zero-order chi connectivity index (χ0) is 43.1. The predicted octanol–water partition coefficient (Wildman–Crippen LogP) is 17.8. The largest absolute Gasteiger partial charge is 0.453 e. The van der Waals surface area contributed by atoms with Gasteiger partial charge in [0.1, 0.15) is 5.58 Å². The highest BCUT2D eigenvalue weighted by atomic mass is 16.3. The fourth-order valence-corrected chi connectivity index (χ4v) is 9.57. The summed E-state index contributed by atoms with van der Waals surface area (Å²) in [6.07, 6.45) is 0. The lowest BCUT2D eigenvalue weighted by molar-refractivity contribution is 0.673. The van der Waals surface area contributed by atoms with Crippen LogP contribution in [0.25, 0.3) is 76.9 Å². The van der Waals surface area contributed by atoms with Gasteiger partial charge in [-0.1, -0.05) is 194 Å². The Morgan fingerprint density at radius 3 is 1.48 bits per heavy atom. The minimum Gasteiger partial charge on any atom is -0.453 e. The number of rotatable bonds is 9. The van der Waals surface area contributed by atoms with E-state index in [2.05, 4.69) is 265 Å². The summed E-state index contributed by atoms with van der Waals surface area (Å²) >= 11 is 0. The average molecular weight is 831 g/mol. The van der Waals surface area contributed by atoms with Crippen LogP contribution in [0, 0.1) is 0 Å². The molecule has 12 rings (SSSR count). The second-order valence-electron chi connectivity index (χ2n) is 16.5. The second-order valence-corrected chi connectivity index (χ2v) is 16.5. The zero-order valence-electron chi connectivity index (χ0n) is 35.6. The lowest BCUT2D eigenvalue weighted by atomic mass is 9.97. The molecule has 65 heavy (non-hydrogen) atoms. The van der Waals surface area contributed by atoms with Crippen molar-refractivity contribution in [2.24, 2.45) is 0 Å². The van der Waals surface area contributed by atoms with Gasteiger partial charge >= 0.3 is 0 Å². The highest BCUT2D eigenvalue weighted by molar-refractivity contribution is 6.22. The summed E-state index contributed by atoms with van der Waals surface area (Å²) in [5.74, 6) is 0. The van der Waals surface area contributed by atoms with Crippen LogP contribution in [0.5, 0.6) is 0 Å². The molecule has 3 heteroatoms. The normalized spacial score (nSPS) is 11.4. The van der Waals surface area contributed by atoms with Gasteiger partial charge in [-0.3, -0.25) is 0 Å². The quantitative estimate of drug-likeness (QED) is 0.144. The number of furan rings is 1. The van der Waals surface area contributed by atoms with Crippen molar-refractivity contribution in [3.63, 3.8) is 0 Å². The molecule has 0 aliphatic carbocycles. The molecule has 0 radical (unpaired) electrons. The van der Waals surface area contributed by atoms with Crippen molar-refractivity contribution in [1.29, 1.82) is 0 Å². The first kappa shape index (κ1) is 38.0. The van der Waals surface area contributed by atoms with E-state index < -0.39 is 0 Å². The molecule has 0 atom stereocenters. The third kappa shape index (κ3) is 6.78. The van der Waals surface area contributed by atoms with Crippen LogP contribution in [0.2, 0.25) is 0 Å². The number of hydrogen-bond acceptors (Lipinski definition) is 3. The average Bonchev–Trinajstić information content (AvgIpc) is 3.79. The topological polar surface area (TPSA) is 19.6 Å². The van der Waals surface area contributed by atoms with Crippen molar-refractivity contribution < 1.29 is 4.42 Å². The fourth-order valence-electron chi connectivity index (χ4n) is 9.57. The van der Waals surface area contributed by atoms with E-state index in [1.165, 1.54) is 16.3 Å². The van der Waals surface area contributed by atoms with Gasteiger partial charge < -0.3 is 14.2 Å². The van der Waals surface area contributed by atoms with Gasteiger partial charge in [0.15, 0.2) is 5.58 Å². The molecule has 0 amide bonds. The van der Waals surface area contributed by atoms with Crippen LogP contribution in [0.1, 0.15) is 0 Å². The number of nitrogens with zero attached hydrogens (tertiary/aromatic N) is 2. The molecule has 1 heterocycles. The summed E-state index contributed by atoms with van der Waals surface area (Å²) in [6, 6.07) is 91.2. The number of benzene rings is 11. The van der Waals surface area contributed by atoms with Crippen LogP contribution in [0.4, 0.5) is 34.1 Å². The van der Waals surface area contributed by atoms with E-state index in [1.54, 1.807) is 0 Å². The SMILES string of the molecule is c1ccc(-c2ccc(N(c3ccccc3-c3ccccc3)c3ccc(N(c4ccccc4)c4ccccc4-c4ccc5ccccc5c4)c4c3oc3c5ccccc5ccc34)cc2)cc1. The Balaban J connectivity index is 1.15. The van der Waals surface area contributed by atoms with Gasteiger partial charge in [0.05, 0.1) is 28.1 Å². The molecule has 0 bridgehead atoms. The van der Waals surface area contributed by atoms with E-state index in [0.717, 1.165) is 94.7 Å². The molecular formula is C62H42N2O. The molecule has 0 saturated carbocycles. The van der Waals surface area contributed by atoms with E-state index in [9.17, 15) is 0 Å². The zero-order valence-corrected chi connectivity index (χ0v) is 35.6. The van der Waals surface area contributed by atoms with Gasteiger partial charge in [-0.2, -0.15) is 0 Å². The van der Waals surface area contributed by atoms with Gasteiger partial charge in [-0.05, 0) is 99.1 Å². The third-order valence-electron chi connectivity index (χ3n) is 12.6. The summed E-state index contributed by atoms with van der Waals surface area (Å²) in [4.78, 5) is 4.79. The van der Waals surface area contributed by atoms with E-state index in [0.29, 0.717) is 0 Å². The second kappa shape index (κ2) is 16.2. The Bertz CT molecular complexity index is 3650. The molecule has 0 saturated heterocycles. The van der Waals surface area contributed by atoms with Crippen LogP contribution in [0.15, 0.2) is 259 Å². The van der Waals surface area contributed by atoms with Crippen LogP contribution in [0.3, 0.4) is 0 Å². The Hall–Kier alpha value is -8.66. The minimum absolute atomic E-state index is 0.799. The van der Waals surface area contributed by atoms with E-state index in [1.807, 2.05) is 0 Å². The van der Waals surface area contributed by atoms with Crippen molar-refractivity contribution in [3.8, 4) is 33.4 Å². The predicted molar refractivity (Wildman–Crippen MR) is 274 cm³/mol. The maximum Gasteiger partial charge on any atom is 0.161 e. The first-order valence-electron chi connectivity index (χ1n) is 22.2. The summed E-state index contributed by atoms with van der Waals surface area (Å²) in [5.41, 5.74) is 14.7. The van der Waals surface area contributed by atoms with Gasteiger partial charge in [-0.25, -0.2) is 0 Å². The van der Waals surface area contributed by atoms with Crippen molar-refractivity contribution in [2.75, 3.05) is 9.80 Å². The summed E-state index contributed by atoms with van der Waals surface area (Å²) in [6.45, 7) is 0. The Morgan fingerprint density at radius 2 is 0.754 bits per heavy atom.